The Kier molecular flexibility index (Phi) is 4.02. The number of aromatic nitrogens is 1. The molecule has 7 heteroatoms. The quantitative estimate of drug-likeness (QED) is 0.488. The van der Waals surface area contributed by atoms with E-state index in [2.05, 4.69) is 4.98 Å². The molecule has 0 radical (unpaired) electrons. The van der Waals surface area contributed by atoms with E-state index in [1.165, 1.54) is 12.1 Å². The number of benzene rings is 1. The van der Waals surface area contributed by atoms with Crippen LogP contribution in [0.15, 0.2) is 22.6 Å². The van der Waals surface area contributed by atoms with Gasteiger partial charge in [0.25, 0.3) is 5.69 Å². The van der Waals surface area contributed by atoms with Crippen LogP contribution in [0.2, 0.25) is 0 Å². The Hall–Kier alpha value is -2.70. The molecule has 1 aromatic heterocycles. The molecule has 0 atom stereocenters. The molecule has 0 aliphatic heterocycles. The minimum atomic E-state index is -0.576. The topological polar surface area (TPSA) is 95.5 Å². The van der Waals surface area contributed by atoms with Gasteiger partial charge in [-0.1, -0.05) is 0 Å². The first-order valence-corrected chi connectivity index (χ1v) is 6.34. The number of esters is 1. The Balaban J connectivity index is 2.39. The second-order valence-electron chi connectivity index (χ2n) is 4.41. The molecule has 110 valence electrons. The highest BCUT2D eigenvalue weighted by atomic mass is 16.6. The molecule has 1 heterocycles. The summed E-state index contributed by atoms with van der Waals surface area (Å²) < 4.78 is 10.3. The van der Waals surface area contributed by atoms with E-state index in [-0.39, 0.29) is 23.9 Å². The molecule has 21 heavy (non-hydrogen) atoms. The third kappa shape index (κ3) is 2.91. The van der Waals surface area contributed by atoms with Crippen LogP contribution in [0.3, 0.4) is 0 Å². The monoisotopic (exact) mass is 290 g/mol. The lowest BCUT2D eigenvalue weighted by Gasteiger charge is -2.00. The number of carbonyl (C=O) groups excluding carboxylic acids is 1. The highest BCUT2D eigenvalue weighted by molar-refractivity contribution is 5.88. The number of oxazole rings is 1. The molecule has 0 saturated carbocycles. The molecular weight excluding hydrogens is 276 g/mol. The summed E-state index contributed by atoms with van der Waals surface area (Å²) in [7, 11) is 0. The summed E-state index contributed by atoms with van der Waals surface area (Å²) in [5, 5.41) is 10.8. The zero-order chi connectivity index (χ0) is 15.6. The number of ether oxygens (including phenoxy) is 1. The summed E-state index contributed by atoms with van der Waals surface area (Å²) in [6, 6.07) is 4.51. The summed E-state index contributed by atoms with van der Waals surface area (Å²) in [5.41, 5.74) is 1.50. The number of aryl methyl sites for hydroxylation is 2. The average Bonchev–Trinajstić information content (AvgIpc) is 2.80. The van der Waals surface area contributed by atoms with Crippen molar-refractivity contribution >= 4 is 11.7 Å². The third-order valence-electron chi connectivity index (χ3n) is 2.90. The van der Waals surface area contributed by atoms with E-state index < -0.39 is 10.9 Å². The first kappa shape index (κ1) is 14.7. The number of nitro groups is 1. The summed E-state index contributed by atoms with van der Waals surface area (Å²) >= 11 is 0. The summed E-state index contributed by atoms with van der Waals surface area (Å²) in [6.07, 6.45) is 0. The van der Waals surface area contributed by atoms with Gasteiger partial charge in [0.15, 0.2) is 0 Å². The molecule has 1 aromatic carbocycles. The molecule has 7 nitrogen and oxygen atoms in total. The van der Waals surface area contributed by atoms with Gasteiger partial charge in [-0.15, -0.1) is 0 Å². The predicted molar refractivity (Wildman–Crippen MR) is 74.0 cm³/mol. The summed E-state index contributed by atoms with van der Waals surface area (Å²) in [4.78, 5) is 26.2. The Morgan fingerprint density at radius 2 is 2.14 bits per heavy atom. The van der Waals surface area contributed by atoms with E-state index in [0.29, 0.717) is 16.8 Å². The van der Waals surface area contributed by atoms with Crippen LogP contribution in [0.4, 0.5) is 5.69 Å². The third-order valence-corrected chi connectivity index (χ3v) is 2.90. The molecule has 2 rings (SSSR count). The lowest BCUT2D eigenvalue weighted by molar-refractivity contribution is -0.385. The molecule has 0 amide bonds. The fraction of sp³-hybridized carbons (Fsp3) is 0.286. The second kappa shape index (κ2) is 5.74. The van der Waals surface area contributed by atoms with E-state index in [1.807, 2.05) is 0 Å². The second-order valence-corrected chi connectivity index (χ2v) is 4.41. The summed E-state index contributed by atoms with van der Waals surface area (Å²) in [6.45, 7) is 5.20. The smallest absolute Gasteiger partial charge is 0.376 e. The van der Waals surface area contributed by atoms with Crippen molar-refractivity contribution in [3.05, 3.63) is 45.3 Å². The zero-order valence-corrected chi connectivity index (χ0v) is 11.9. The number of carbonyl (C=O) groups is 1. The van der Waals surface area contributed by atoms with E-state index in [4.69, 9.17) is 9.15 Å². The highest BCUT2D eigenvalue weighted by Crippen LogP contribution is 2.27. The van der Waals surface area contributed by atoms with Crippen LogP contribution in [0, 0.1) is 24.0 Å². The highest BCUT2D eigenvalue weighted by Gasteiger charge is 2.20. The van der Waals surface area contributed by atoms with Crippen molar-refractivity contribution in [1.29, 1.82) is 0 Å². The molecule has 0 fully saturated rings. The first-order chi connectivity index (χ1) is 9.93. The fourth-order valence-corrected chi connectivity index (χ4v) is 1.90. The van der Waals surface area contributed by atoms with Gasteiger partial charge >= 0.3 is 5.97 Å². The van der Waals surface area contributed by atoms with Gasteiger partial charge in [-0.05, 0) is 32.9 Å². The van der Waals surface area contributed by atoms with E-state index >= 15 is 0 Å². The van der Waals surface area contributed by atoms with Gasteiger partial charge < -0.3 is 9.15 Å². The number of hydrogen-bond donors (Lipinski definition) is 0. The van der Waals surface area contributed by atoms with Crippen LogP contribution < -0.4 is 0 Å². The molecule has 0 spiro atoms. The number of nitro benzene ring substituents is 1. The molecule has 0 saturated heterocycles. The SMILES string of the molecule is CCOC(=O)c1oc(-c2ccc([N+](=O)[O-])c(C)c2)nc1C. The molecule has 0 aliphatic carbocycles. The van der Waals surface area contributed by atoms with E-state index in [9.17, 15) is 14.9 Å². The number of rotatable bonds is 4. The summed E-state index contributed by atoms with van der Waals surface area (Å²) in [5.74, 6) is -0.302. The van der Waals surface area contributed by atoms with Gasteiger partial charge in [-0.2, -0.15) is 0 Å². The van der Waals surface area contributed by atoms with Crippen LogP contribution in [0.1, 0.15) is 28.7 Å². The Morgan fingerprint density at radius 3 is 2.71 bits per heavy atom. The van der Waals surface area contributed by atoms with Gasteiger partial charge in [-0.25, -0.2) is 9.78 Å². The fourth-order valence-electron chi connectivity index (χ4n) is 1.90. The maximum absolute atomic E-state index is 11.7. The van der Waals surface area contributed by atoms with Gasteiger partial charge in [0.2, 0.25) is 11.7 Å². The van der Waals surface area contributed by atoms with E-state index in [0.717, 1.165) is 0 Å². The Bertz CT molecular complexity index is 705. The molecule has 0 aliphatic rings. The van der Waals surface area contributed by atoms with Crippen molar-refractivity contribution in [2.45, 2.75) is 20.8 Å². The standard InChI is InChI=1S/C14H14N2O5/c1-4-20-14(17)12-9(3)15-13(21-12)10-5-6-11(16(18)19)8(2)7-10/h5-7H,4H2,1-3H3. The predicted octanol–water partition coefficient (Wildman–Crippen LogP) is 3.04. The number of hydrogen-bond acceptors (Lipinski definition) is 6. The van der Waals surface area contributed by atoms with Crippen LogP contribution in [0.5, 0.6) is 0 Å². The van der Waals surface area contributed by atoms with Crippen LogP contribution in [-0.2, 0) is 4.74 Å². The van der Waals surface area contributed by atoms with Crippen molar-refractivity contribution in [1.82, 2.24) is 4.98 Å². The van der Waals surface area contributed by atoms with E-state index in [1.54, 1.807) is 26.8 Å². The molecule has 0 unspecified atom stereocenters. The Morgan fingerprint density at radius 1 is 1.43 bits per heavy atom. The van der Waals surface area contributed by atoms with Crippen molar-refractivity contribution in [3.63, 3.8) is 0 Å². The molecule has 2 aromatic rings. The van der Waals surface area contributed by atoms with Gasteiger partial charge in [0.1, 0.15) is 0 Å². The van der Waals surface area contributed by atoms with Crippen LogP contribution in [0.25, 0.3) is 11.5 Å². The minimum Gasteiger partial charge on any atom is -0.460 e. The normalized spacial score (nSPS) is 10.4. The van der Waals surface area contributed by atoms with Crippen molar-refractivity contribution in [2.75, 3.05) is 6.61 Å². The van der Waals surface area contributed by atoms with Crippen molar-refractivity contribution in [2.24, 2.45) is 0 Å². The van der Waals surface area contributed by atoms with Gasteiger partial charge in [-0.3, -0.25) is 10.1 Å². The number of nitrogens with zero attached hydrogens (tertiary/aromatic N) is 2. The van der Waals surface area contributed by atoms with Crippen LogP contribution >= 0.6 is 0 Å². The first-order valence-electron chi connectivity index (χ1n) is 6.34. The zero-order valence-electron chi connectivity index (χ0n) is 11.9. The van der Waals surface area contributed by atoms with Crippen LogP contribution in [-0.4, -0.2) is 22.5 Å². The molecule has 0 N–H and O–H groups in total. The van der Waals surface area contributed by atoms with Gasteiger partial charge in [0.05, 0.1) is 17.2 Å². The Labute approximate surface area is 120 Å². The van der Waals surface area contributed by atoms with Crippen molar-refractivity contribution in [3.8, 4) is 11.5 Å². The largest absolute Gasteiger partial charge is 0.460 e. The molecule has 0 bridgehead atoms. The van der Waals surface area contributed by atoms with Gasteiger partial charge in [0, 0.05) is 17.2 Å². The lowest BCUT2D eigenvalue weighted by Crippen LogP contribution is -2.04. The lowest BCUT2D eigenvalue weighted by atomic mass is 10.1. The maximum Gasteiger partial charge on any atom is 0.376 e. The molecular formula is C14H14N2O5. The average molecular weight is 290 g/mol. The maximum atomic E-state index is 11.7. The minimum absolute atomic E-state index is 0.0210. The van der Waals surface area contributed by atoms with Crippen molar-refractivity contribution < 1.29 is 18.9 Å².